The van der Waals surface area contributed by atoms with Crippen LogP contribution in [0.4, 0.5) is 0 Å². The number of benzene rings is 2. The van der Waals surface area contributed by atoms with Crippen LogP contribution in [0.1, 0.15) is 41.8 Å². The Balaban J connectivity index is 1.52. The van der Waals surface area contributed by atoms with Gasteiger partial charge in [-0.25, -0.2) is 4.79 Å². The Morgan fingerprint density at radius 3 is 2.69 bits per heavy atom. The Labute approximate surface area is 151 Å². The summed E-state index contributed by atoms with van der Waals surface area (Å²) in [7, 11) is 0. The summed E-state index contributed by atoms with van der Waals surface area (Å²) in [6.07, 6.45) is 4.26. The Kier molecular flexibility index (Phi) is 4.37. The SMILES string of the molecule is Cc1c(C(=O)OCC(=O)NC2CCCC2)oc2c1ccc1ccccc12. The van der Waals surface area contributed by atoms with E-state index in [0.717, 1.165) is 47.4 Å². The summed E-state index contributed by atoms with van der Waals surface area (Å²) < 4.78 is 11.0. The van der Waals surface area contributed by atoms with Gasteiger partial charge in [0.1, 0.15) is 5.58 Å². The molecule has 1 saturated carbocycles. The van der Waals surface area contributed by atoms with Gasteiger partial charge in [-0.05, 0) is 25.2 Å². The Bertz CT molecular complexity index is 982. The highest BCUT2D eigenvalue weighted by molar-refractivity contribution is 6.08. The summed E-state index contributed by atoms with van der Waals surface area (Å²) >= 11 is 0. The normalized spacial score (nSPS) is 14.8. The van der Waals surface area contributed by atoms with Crippen molar-refractivity contribution in [2.45, 2.75) is 38.6 Å². The zero-order valence-corrected chi connectivity index (χ0v) is 14.7. The van der Waals surface area contributed by atoms with Crippen LogP contribution in [0.15, 0.2) is 40.8 Å². The van der Waals surface area contributed by atoms with E-state index in [1.165, 1.54) is 0 Å². The van der Waals surface area contributed by atoms with Gasteiger partial charge in [0.2, 0.25) is 5.76 Å². The lowest BCUT2D eigenvalue weighted by Gasteiger charge is -2.11. The van der Waals surface area contributed by atoms with Crippen molar-refractivity contribution in [1.82, 2.24) is 5.32 Å². The third kappa shape index (κ3) is 3.05. The molecule has 0 aliphatic heterocycles. The number of fused-ring (bicyclic) bond motifs is 3. The number of carbonyl (C=O) groups is 2. The molecule has 134 valence electrons. The van der Waals surface area contributed by atoms with Crippen LogP contribution in [0.3, 0.4) is 0 Å². The van der Waals surface area contributed by atoms with Gasteiger partial charge in [-0.2, -0.15) is 0 Å². The van der Waals surface area contributed by atoms with Crippen LogP contribution in [0, 0.1) is 6.92 Å². The van der Waals surface area contributed by atoms with E-state index >= 15 is 0 Å². The maximum absolute atomic E-state index is 12.4. The van der Waals surface area contributed by atoms with Crippen LogP contribution >= 0.6 is 0 Å². The Morgan fingerprint density at radius 1 is 1.12 bits per heavy atom. The van der Waals surface area contributed by atoms with Gasteiger partial charge in [-0.1, -0.05) is 49.2 Å². The van der Waals surface area contributed by atoms with E-state index in [1.807, 2.05) is 43.3 Å². The summed E-state index contributed by atoms with van der Waals surface area (Å²) in [6.45, 7) is 1.54. The molecule has 0 atom stereocenters. The van der Waals surface area contributed by atoms with Crippen molar-refractivity contribution >= 4 is 33.6 Å². The van der Waals surface area contributed by atoms with Gasteiger partial charge < -0.3 is 14.5 Å². The summed E-state index contributed by atoms with van der Waals surface area (Å²) in [5, 5.41) is 5.78. The quantitative estimate of drug-likeness (QED) is 0.718. The lowest BCUT2D eigenvalue weighted by atomic mass is 10.1. The second kappa shape index (κ2) is 6.83. The molecule has 0 unspecified atom stereocenters. The summed E-state index contributed by atoms with van der Waals surface area (Å²) in [4.78, 5) is 24.4. The highest BCUT2D eigenvalue weighted by Gasteiger charge is 2.22. The van der Waals surface area contributed by atoms with Crippen LogP contribution in [0.5, 0.6) is 0 Å². The van der Waals surface area contributed by atoms with Gasteiger partial charge in [-0.15, -0.1) is 0 Å². The number of furan rings is 1. The van der Waals surface area contributed by atoms with Crippen molar-refractivity contribution in [1.29, 1.82) is 0 Å². The molecular formula is C21H21NO4. The minimum atomic E-state index is -0.607. The average molecular weight is 351 g/mol. The summed E-state index contributed by atoms with van der Waals surface area (Å²) in [5.74, 6) is -0.709. The molecule has 26 heavy (non-hydrogen) atoms. The van der Waals surface area contributed by atoms with Gasteiger partial charge in [0.15, 0.2) is 6.61 Å². The first-order chi connectivity index (χ1) is 12.6. The number of carbonyl (C=O) groups excluding carboxylic acids is 2. The van der Waals surface area contributed by atoms with Crippen molar-refractivity contribution in [3.8, 4) is 0 Å². The first kappa shape index (κ1) is 16.6. The molecule has 1 aliphatic carbocycles. The van der Waals surface area contributed by atoms with Crippen LogP contribution < -0.4 is 5.32 Å². The minimum absolute atomic E-state index is 0.157. The summed E-state index contributed by atoms with van der Waals surface area (Å²) in [6, 6.07) is 12.0. The molecule has 1 heterocycles. The molecule has 1 fully saturated rings. The minimum Gasteiger partial charge on any atom is -0.450 e. The number of aryl methyl sites for hydroxylation is 1. The molecule has 3 aromatic rings. The largest absolute Gasteiger partial charge is 0.450 e. The summed E-state index contributed by atoms with van der Waals surface area (Å²) in [5.41, 5.74) is 1.40. The van der Waals surface area contributed by atoms with Crippen molar-refractivity contribution < 1.29 is 18.7 Å². The zero-order chi connectivity index (χ0) is 18.1. The van der Waals surface area contributed by atoms with Crippen molar-refractivity contribution in [2.24, 2.45) is 0 Å². The molecule has 1 amide bonds. The highest BCUT2D eigenvalue weighted by Crippen LogP contribution is 2.32. The number of esters is 1. The third-order valence-electron chi connectivity index (χ3n) is 5.07. The molecular weight excluding hydrogens is 330 g/mol. The predicted molar refractivity (Wildman–Crippen MR) is 99.1 cm³/mol. The van der Waals surface area contributed by atoms with E-state index in [2.05, 4.69) is 5.32 Å². The molecule has 0 spiro atoms. The second-order valence-electron chi connectivity index (χ2n) is 6.84. The predicted octanol–water partition coefficient (Wildman–Crippen LogP) is 4.11. The first-order valence-corrected chi connectivity index (χ1v) is 9.01. The highest BCUT2D eigenvalue weighted by atomic mass is 16.5. The molecule has 0 bridgehead atoms. The van der Waals surface area contributed by atoms with Gasteiger partial charge in [0.25, 0.3) is 5.91 Å². The van der Waals surface area contributed by atoms with Gasteiger partial charge in [0.05, 0.1) is 0 Å². The second-order valence-corrected chi connectivity index (χ2v) is 6.84. The number of nitrogens with one attached hydrogen (secondary N) is 1. The number of ether oxygens (including phenoxy) is 1. The van der Waals surface area contributed by atoms with Crippen LogP contribution in [-0.2, 0) is 9.53 Å². The fraction of sp³-hybridized carbons (Fsp3) is 0.333. The number of amides is 1. The molecule has 2 aromatic carbocycles. The molecule has 1 aliphatic rings. The van der Waals surface area contributed by atoms with E-state index in [4.69, 9.17) is 9.15 Å². The Morgan fingerprint density at radius 2 is 1.88 bits per heavy atom. The van der Waals surface area contributed by atoms with Crippen molar-refractivity contribution in [3.63, 3.8) is 0 Å². The van der Waals surface area contributed by atoms with Crippen LogP contribution in [0.2, 0.25) is 0 Å². The number of hydrogen-bond acceptors (Lipinski definition) is 4. The van der Waals surface area contributed by atoms with Crippen molar-refractivity contribution in [2.75, 3.05) is 6.61 Å². The van der Waals surface area contributed by atoms with Crippen LogP contribution in [-0.4, -0.2) is 24.5 Å². The molecule has 4 rings (SSSR count). The maximum atomic E-state index is 12.4. The smallest absolute Gasteiger partial charge is 0.375 e. The van der Waals surface area contributed by atoms with E-state index in [1.54, 1.807) is 0 Å². The van der Waals surface area contributed by atoms with Crippen LogP contribution in [0.25, 0.3) is 21.7 Å². The third-order valence-corrected chi connectivity index (χ3v) is 5.07. The molecule has 5 heteroatoms. The van der Waals surface area contributed by atoms with Gasteiger partial charge >= 0.3 is 5.97 Å². The first-order valence-electron chi connectivity index (χ1n) is 9.01. The van der Waals surface area contributed by atoms with E-state index in [9.17, 15) is 9.59 Å². The van der Waals surface area contributed by atoms with E-state index in [0.29, 0.717) is 5.58 Å². The maximum Gasteiger partial charge on any atom is 0.375 e. The average Bonchev–Trinajstić information content (AvgIpc) is 3.28. The van der Waals surface area contributed by atoms with E-state index < -0.39 is 5.97 Å². The molecule has 5 nitrogen and oxygen atoms in total. The zero-order valence-electron chi connectivity index (χ0n) is 14.7. The van der Waals surface area contributed by atoms with Gasteiger partial charge in [0, 0.05) is 22.4 Å². The standard InChI is InChI=1S/C21H21NO4/c1-13-16-11-10-14-6-2-5-9-17(14)20(16)26-19(13)21(24)25-12-18(23)22-15-7-3-4-8-15/h2,5-6,9-11,15H,3-4,7-8,12H2,1H3,(H,22,23). The number of rotatable bonds is 4. The Hall–Kier alpha value is -2.82. The lowest BCUT2D eigenvalue weighted by Crippen LogP contribution is -2.35. The van der Waals surface area contributed by atoms with Gasteiger partial charge in [-0.3, -0.25) is 4.79 Å². The fourth-order valence-corrected chi connectivity index (χ4v) is 3.68. The van der Waals surface area contributed by atoms with Crippen molar-refractivity contribution in [3.05, 3.63) is 47.7 Å². The lowest BCUT2D eigenvalue weighted by molar-refractivity contribution is -0.124. The molecule has 1 aromatic heterocycles. The topological polar surface area (TPSA) is 68.5 Å². The van der Waals surface area contributed by atoms with E-state index in [-0.39, 0.29) is 24.3 Å². The molecule has 0 saturated heterocycles. The molecule has 0 radical (unpaired) electrons. The number of hydrogen-bond donors (Lipinski definition) is 1. The monoisotopic (exact) mass is 351 g/mol. The fourth-order valence-electron chi connectivity index (χ4n) is 3.68. The molecule has 1 N–H and O–H groups in total.